The van der Waals surface area contributed by atoms with Crippen LogP contribution in [0.4, 0.5) is 0 Å². The van der Waals surface area contributed by atoms with E-state index >= 15 is 0 Å². The van der Waals surface area contributed by atoms with Gasteiger partial charge in [-0.2, -0.15) is 0 Å². The minimum absolute atomic E-state index is 0. The second-order valence-corrected chi connectivity index (χ2v) is 3.91. The van der Waals surface area contributed by atoms with E-state index in [1.54, 1.807) is 0 Å². The Balaban J connectivity index is 0. The van der Waals surface area contributed by atoms with Gasteiger partial charge in [0, 0.05) is 23.6 Å². The number of nitrogens with zero attached hydrogens (tertiary/aromatic N) is 3. The topological polar surface area (TPSA) is 35.7 Å². The maximum atomic E-state index is 6.19. The van der Waals surface area contributed by atoms with Crippen LogP contribution in [-0.2, 0) is 17.1 Å². The molecule has 0 aromatic rings. The molecule has 0 bridgehead atoms. The van der Waals surface area contributed by atoms with Crippen LogP contribution in [0.1, 0.15) is 0 Å². The largest absolute Gasteiger partial charge is 0.305 e. The van der Waals surface area contributed by atoms with E-state index in [0.29, 0.717) is 0 Å². The summed E-state index contributed by atoms with van der Waals surface area (Å²) < 4.78 is 0. The van der Waals surface area contributed by atoms with E-state index in [4.69, 9.17) is 5.73 Å². The number of likely N-dealkylation sites (N-methyl/N-ethyl adjacent to an activating group) is 3. The van der Waals surface area contributed by atoms with Crippen molar-refractivity contribution in [2.45, 2.75) is 5.79 Å². The molecule has 0 aliphatic heterocycles. The van der Waals surface area contributed by atoms with Gasteiger partial charge in [-0.25, -0.2) is 0 Å². The standard InChI is InChI=1S/C8H22N4.Cu/c1-10(2)7-8(9,11(3)4)12(5)6;/h7,9H2,1-6H3;. The summed E-state index contributed by atoms with van der Waals surface area (Å²) in [5.74, 6) is -0.385. The van der Waals surface area contributed by atoms with Crippen molar-refractivity contribution in [2.24, 2.45) is 5.73 Å². The first-order valence-corrected chi connectivity index (χ1v) is 4.09. The molecule has 0 saturated carbocycles. The second kappa shape index (κ2) is 5.96. The third-order valence-corrected chi connectivity index (χ3v) is 2.10. The first-order valence-electron chi connectivity index (χ1n) is 4.09. The minimum atomic E-state index is -0.385. The Morgan fingerprint density at radius 1 is 0.923 bits per heavy atom. The molecule has 2 N–H and O–H groups in total. The van der Waals surface area contributed by atoms with Gasteiger partial charge >= 0.3 is 0 Å². The van der Waals surface area contributed by atoms with E-state index in [1.165, 1.54) is 0 Å². The molecule has 0 spiro atoms. The maximum Gasteiger partial charge on any atom is 0.138 e. The number of hydrogen-bond donors (Lipinski definition) is 1. The van der Waals surface area contributed by atoms with Gasteiger partial charge in [-0.3, -0.25) is 15.5 Å². The van der Waals surface area contributed by atoms with Gasteiger partial charge < -0.3 is 4.90 Å². The summed E-state index contributed by atoms with van der Waals surface area (Å²) in [6.45, 7) is 0.812. The average molecular weight is 238 g/mol. The van der Waals surface area contributed by atoms with E-state index in [2.05, 4.69) is 4.90 Å². The minimum Gasteiger partial charge on any atom is -0.305 e. The van der Waals surface area contributed by atoms with Crippen molar-refractivity contribution in [1.29, 1.82) is 0 Å². The second-order valence-electron chi connectivity index (χ2n) is 3.91. The third kappa shape index (κ3) is 4.40. The summed E-state index contributed by atoms with van der Waals surface area (Å²) in [6.07, 6.45) is 0. The van der Waals surface area contributed by atoms with E-state index < -0.39 is 0 Å². The fourth-order valence-corrected chi connectivity index (χ4v) is 1.15. The fourth-order valence-electron chi connectivity index (χ4n) is 1.15. The van der Waals surface area contributed by atoms with Crippen LogP contribution in [0.15, 0.2) is 0 Å². The summed E-state index contributed by atoms with van der Waals surface area (Å²) in [5, 5.41) is 0. The Kier molecular flexibility index (Phi) is 7.25. The van der Waals surface area contributed by atoms with Crippen molar-refractivity contribution in [3.8, 4) is 0 Å². The molecular weight excluding hydrogens is 216 g/mol. The van der Waals surface area contributed by atoms with Crippen LogP contribution in [0.2, 0.25) is 0 Å². The Hall–Kier alpha value is 0.359. The van der Waals surface area contributed by atoms with E-state index in [9.17, 15) is 0 Å². The van der Waals surface area contributed by atoms with Crippen LogP contribution in [0, 0.1) is 0 Å². The van der Waals surface area contributed by atoms with Crippen LogP contribution in [-0.4, -0.2) is 69.3 Å². The smallest absolute Gasteiger partial charge is 0.138 e. The molecule has 0 saturated heterocycles. The normalized spacial score (nSPS) is 12.5. The van der Waals surface area contributed by atoms with Gasteiger partial charge in [0.25, 0.3) is 0 Å². The molecule has 5 heteroatoms. The molecular formula is C8H22CuN4. The van der Waals surface area contributed by atoms with Gasteiger partial charge in [-0.05, 0) is 42.3 Å². The summed E-state index contributed by atoms with van der Waals surface area (Å²) in [7, 11) is 12.0. The zero-order valence-electron chi connectivity index (χ0n) is 9.43. The Morgan fingerprint density at radius 2 is 1.23 bits per heavy atom. The van der Waals surface area contributed by atoms with Crippen molar-refractivity contribution in [3.63, 3.8) is 0 Å². The molecule has 0 amide bonds. The quantitative estimate of drug-likeness (QED) is 0.517. The van der Waals surface area contributed by atoms with Gasteiger partial charge in [0.2, 0.25) is 0 Å². The van der Waals surface area contributed by atoms with Gasteiger partial charge in [-0.1, -0.05) is 0 Å². The predicted molar refractivity (Wildman–Crippen MR) is 52.8 cm³/mol. The van der Waals surface area contributed by atoms with E-state index in [1.807, 2.05) is 52.1 Å². The maximum absolute atomic E-state index is 6.19. The summed E-state index contributed by atoms with van der Waals surface area (Å²) in [4.78, 5) is 6.12. The van der Waals surface area contributed by atoms with Crippen molar-refractivity contribution in [2.75, 3.05) is 48.8 Å². The molecule has 0 aromatic carbocycles. The van der Waals surface area contributed by atoms with Crippen molar-refractivity contribution >= 4 is 0 Å². The van der Waals surface area contributed by atoms with Crippen LogP contribution in [0.5, 0.6) is 0 Å². The first-order chi connectivity index (χ1) is 5.30. The monoisotopic (exact) mass is 237 g/mol. The zero-order chi connectivity index (χ0) is 9.94. The molecule has 0 aliphatic rings. The Bertz CT molecular complexity index is 128. The summed E-state index contributed by atoms with van der Waals surface area (Å²) in [6, 6.07) is 0. The molecule has 4 nitrogen and oxygen atoms in total. The molecule has 0 rings (SSSR count). The Labute approximate surface area is 92.5 Å². The number of rotatable bonds is 4. The van der Waals surface area contributed by atoms with Gasteiger partial charge in [0.15, 0.2) is 0 Å². The Morgan fingerprint density at radius 3 is 1.31 bits per heavy atom. The summed E-state index contributed by atoms with van der Waals surface area (Å²) in [5.41, 5.74) is 6.19. The van der Waals surface area contributed by atoms with Crippen LogP contribution >= 0.6 is 0 Å². The van der Waals surface area contributed by atoms with Gasteiger partial charge in [0.05, 0.1) is 0 Å². The average Bonchev–Trinajstić information content (AvgIpc) is 1.84. The molecule has 0 heterocycles. The molecule has 13 heavy (non-hydrogen) atoms. The molecule has 1 radical (unpaired) electrons. The van der Waals surface area contributed by atoms with Crippen molar-refractivity contribution in [1.82, 2.24) is 14.7 Å². The van der Waals surface area contributed by atoms with Crippen molar-refractivity contribution in [3.05, 3.63) is 0 Å². The van der Waals surface area contributed by atoms with Crippen LogP contribution < -0.4 is 5.73 Å². The zero-order valence-corrected chi connectivity index (χ0v) is 10.4. The molecule has 85 valence electrons. The molecule has 0 unspecified atom stereocenters. The van der Waals surface area contributed by atoms with Gasteiger partial charge in [0.1, 0.15) is 5.79 Å². The first kappa shape index (κ1) is 15.8. The number of nitrogens with two attached hydrogens (primary N) is 1. The molecule has 0 fully saturated rings. The van der Waals surface area contributed by atoms with Crippen molar-refractivity contribution < 1.29 is 17.1 Å². The SMILES string of the molecule is CN(C)CC(N)(N(C)C)N(C)C.[Cu]. The third-order valence-electron chi connectivity index (χ3n) is 2.10. The molecule has 0 aliphatic carbocycles. The predicted octanol–water partition coefficient (Wildman–Crippen LogP) is -0.719. The van der Waals surface area contributed by atoms with Crippen LogP contribution in [0.3, 0.4) is 0 Å². The number of hydrogen-bond acceptors (Lipinski definition) is 4. The van der Waals surface area contributed by atoms with Gasteiger partial charge in [-0.15, -0.1) is 0 Å². The molecule has 0 aromatic heterocycles. The van der Waals surface area contributed by atoms with Crippen LogP contribution in [0.25, 0.3) is 0 Å². The fraction of sp³-hybridized carbons (Fsp3) is 1.00. The van der Waals surface area contributed by atoms with E-state index in [-0.39, 0.29) is 22.9 Å². The van der Waals surface area contributed by atoms with E-state index in [0.717, 1.165) is 6.54 Å². The summed E-state index contributed by atoms with van der Waals surface area (Å²) >= 11 is 0. The molecule has 0 atom stereocenters.